The fourth-order valence-electron chi connectivity index (χ4n) is 0.917. The summed E-state index contributed by atoms with van der Waals surface area (Å²) in [5.74, 6) is 0.955. The molecule has 0 unspecified atom stereocenters. The molecular formula is C10H13BrOTe. The van der Waals surface area contributed by atoms with Crippen molar-refractivity contribution in [1.82, 2.24) is 0 Å². The molecule has 3 heteroatoms. The first-order chi connectivity index (χ1) is 6.36. The van der Waals surface area contributed by atoms with Crippen LogP contribution in [0, 0.1) is 0 Å². The van der Waals surface area contributed by atoms with Crippen LogP contribution in [-0.2, 0) is 0 Å². The summed E-state index contributed by atoms with van der Waals surface area (Å²) < 4.78 is 8.00. The van der Waals surface area contributed by atoms with Crippen molar-refractivity contribution >= 4 is 40.5 Å². The van der Waals surface area contributed by atoms with Crippen LogP contribution < -0.4 is 8.35 Å². The standard InChI is InChI=1S/C10H13BrOTe/c1-12-9-3-5-10(6-4-9)13-8-2-7-11/h3-6H,2,7-8H2,1H3. The van der Waals surface area contributed by atoms with Crippen LogP contribution in [0.25, 0.3) is 0 Å². The van der Waals surface area contributed by atoms with E-state index in [1.165, 1.54) is 14.5 Å². The van der Waals surface area contributed by atoms with Gasteiger partial charge in [0.15, 0.2) is 0 Å². The molecule has 0 heterocycles. The van der Waals surface area contributed by atoms with Gasteiger partial charge in [-0.25, -0.2) is 0 Å². The predicted molar refractivity (Wildman–Crippen MR) is 61.6 cm³/mol. The maximum atomic E-state index is 5.10. The van der Waals surface area contributed by atoms with Gasteiger partial charge < -0.3 is 0 Å². The summed E-state index contributed by atoms with van der Waals surface area (Å²) in [6.45, 7) is 0. The Labute approximate surface area is 98.1 Å². The Morgan fingerprint density at radius 3 is 2.54 bits per heavy atom. The van der Waals surface area contributed by atoms with E-state index in [2.05, 4.69) is 28.1 Å². The van der Waals surface area contributed by atoms with Gasteiger partial charge in [0.2, 0.25) is 0 Å². The first-order valence-corrected chi connectivity index (χ1v) is 8.13. The molecule has 0 amide bonds. The summed E-state index contributed by atoms with van der Waals surface area (Å²) in [7, 11) is 1.70. The summed E-state index contributed by atoms with van der Waals surface area (Å²) in [4.78, 5) is 0. The van der Waals surface area contributed by atoms with Gasteiger partial charge in [0.1, 0.15) is 0 Å². The van der Waals surface area contributed by atoms with Crippen LogP contribution in [0.1, 0.15) is 6.42 Å². The number of hydrogen-bond donors (Lipinski definition) is 0. The van der Waals surface area contributed by atoms with Gasteiger partial charge in [0, 0.05) is 0 Å². The molecule has 1 aromatic carbocycles. The minimum absolute atomic E-state index is 0.0448. The molecule has 1 aromatic rings. The molecule has 0 fully saturated rings. The molecule has 0 spiro atoms. The molecule has 0 aliphatic heterocycles. The number of hydrogen-bond acceptors (Lipinski definition) is 1. The fourth-order valence-corrected chi connectivity index (χ4v) is 4.79. The van der Waals surface area contributed by atoms with Crippen LogP contribution in [0.3, 0.4) is 0 Å². The summed E-state index contributed by atoms with van der Waals surface area (Å²) in [6, 6.07) is 8.48. The van der Waals surface area contributed by atoms with E-state index in [1.807, 2.05) is 12.1 Å². The zero-order valence-electron chi connectivity index (χ0n) is 7.63. The van der Waals surface area contributed by atoms with Crippen LogP contribution in [0.2, 0.25) is 4.47 Å². The van der Waals surface area contributed by atoms with Gasteiger partial charge in [0.05, 0.1) is 0 Å². The van der Waals surface area contributed by atoms with Gasteiger partial charge >= 0.3 is 98.5 Å². The molecule has 72 valence electrons. The number of alkyl halides is 1. The SMILES string of the molecule is COc1ccc([Te]CCCBr)cc1. The van der Waals surface area contributed by atoms with E-state index >= 15 is 0 Å². The molecule has 0 aromatic heterocycles. The topological polar surface area (TPSA) is 9.23 Å². The third kappa shape index (κ3) is 4.35. The first kappa shape index (κ1) is 11.4. The molecule has 1 nitrogen and oxygen atoms in total. The van der Waals surface area contributed by atoms with Gasteiger partial charge in [-0.3, -0.25) is 0 Å². The van der Waals surface area contributed by atoms with Crippen molar-refractivity contribution in [3.05, 3.63) is 24.3 Å². The van der Waals surface area contributed by atoms with Gasteiger partial charge in [-0.05, 0) is 0 Å². The van der Waals surface area contributed by atoms with Gasteiger partial charge in [0.25, 0.3) is 0 Å². The zero-order valence-corrected chi connectivity index (χ0v) is 11.5. The van der Waals surface area contributed by atoms with E-state index in [4.69, 9.17) is 4.74 Å². The summed E-state index contributed by atoms with van der Waals surface area (Å²) in [5.41, 5.74) is 0. The van der Waals surface area contributed by atoms with Crippen LogP contribution in [-0.4, -0.2) is 33.4 Å². The molecule has 0 saturated heterocycles. The molecule has 0 atom stereocenters. The number of methoxy groups -OCH3 is 1. The Balaban J connectivity index is 2.40. The van der Waals surface area contributed by atoms with Crippen LogP contribution in [0.5, 0.6) is 5.75 Å². The first-order valence-electron chi connectivity index (χ1n) is 4.19. The molecule has 0 N–H and O–H groups in total. The van der Waals surface area contributed by atoms with Crippen LogP contribution in [0.4, 0.5) is 0 Å². The molecule has 1 rings (SSSR count). The van der Waals surface area contributed by atoms with E-state index in [1.54, 1.807) is 7.11 Å². The average Bonchev–Trinajstić information content (AvgIpc) is 2.19. The predicted octanol–water partition coefficient (Wildman–Crippen LogP) is 2.23. The third-order valence-corrected chi connectivity index (χ3v) is 5.30. The molecule has 0 bridgehead atoms. The average molecular weight is 357 g/mol. The van der Waals surface area contributed by atoms with E-state index in [9.17, 15) is 0 Å². The van der Waals surface area contributed by atoms with Crippen molar-refractivity contribution in [3.63, 3.8) is 0 Å². The third-order valence-electron chi connectivity index (χ3n) is 1.61. The second-order valence-corrected chi connectivity index (χ2v) is 6.69. The Morgan fingerprint density at radius 1 is 1.31 bits per heavy atom. The molecular weight excluding hydrogens is 344 g/mol. The van der Waals surface area contributed by atoms with E-state index in [0.717, 1.165) is 11.1 Å². The zero-order chi connectivity index (χ0) is 9.52. The maximum absolute atomic E-state index is 5.10. The monoisotopic (exact) mass is 358 g/mol. The van der Waals surface area contributed by atoms with Crippen molar-refractivity contribution in [2.24, 2.45) is 0 Å². The number of benzene rings is 1. The number of halogens is 1. The van der Waals surface area contributed by atoms with Gasteiger partial charge in [-0.15, -0.1) is 0 Å². The molecule has 0 saturated carbocycles. The second kappa shape index (κ2) is 6.70. The number of ether oxygens (including phenoxy) is 1. The quantitative estimate of drug-likeness (QED) is 0.447. The number of rotatable bonds is 5. The van der Waals surface area contributed by atoms with Crippen molar-refractivity contribution < 1.29 is 4.74 Å². The van der Waals surface area contributed by atoms with E-state index in [0.29, 0.717) is 0 Å². The van der Waals surface area contributed by atoms with E-state index < -0.39 is 0 Å². The summed E-state index contributed by atoms with van der Waals surface area (Å²) in [5, 5.41) is 1.13. The van der Waals surface area contributed by atoms with Crippen molar-refractivity contribution in [3.8, 4) is 5.75 Å². The Hall–Kier alpha value is 0.290. The normalized spacial score (nSPS) is 10.0. The van der Waals surface area contributed by atoms with Crippen molar-refractivity contribution in [1.29, 1.82) is 0 Å². The van der Waals surface area contributed by atoms with Crippen LogP contribution >= 0.6 is 15.9 Å². The van der Waals surface area contributed by atoms with Crippen molar-refractivity contribution in [2.45, 2.75) is 10.9 Å². The van der Waals surface area contributed by atoms with Gasteiger partial charge in [-0.1, -0.05) is 0 Å². The molecule has 0 aliphatic carbocycles. The minimum atomic E-state index is 0.0448. The van der Waals surface area contributed by atoms with Crippen molar-refractivity contribution in [2.75, 3.05) is 12.4 Å². The summed E-state index contributed by atoms with van der Waals surface area (Å²) in [6.07, 6.45) is 1.30. The molecule has 13 heavy (non-hydrogen) atoms. The van der Waals surface area contributed by atoms with Gasteiger partial charge in [-0.2, -0.15) is 0 Å². The Bertz CT molecular complexity index is 235. The van der Waals surface area contributed by atoms with E-state index in [-0.39, 0.29) is 20.9 Å². The fraction of sp³-hybridized carbons (Fsp3) is 0.400. The molecule has 0 radical (unpaired) electrons. The summed E-state index contributed by atoms with van der Waals surface area (Å²) >= 11 is 3.49. The Kier molecular flexibility index (Phi) is 5.86. The molecule has 0 aliphatic rings. The Morgan fingerprint density at radius 2 is 2.00 bits per heavy atom. The van der Waals surface area contributed by atoms with Crippen LogP contribution in [0.15, 0.2) is 24.3 Å². The second-order valence-electron chi connectivity index (χ2n) is 2.57.